The summed E-state index contributed by atoms with van der Waals surface area (Å²) in [4.78, 5) is 23.2. The van der Waals surface area contributed by atoms with Gasteiger partial charge in [0.1, 0.15) is 6.20 Å². The monoisotopic (exact) mass is 207 g/mol. The van der Waals surface area contributed by atoms with E-state index in [2.05, 4.69) is 4.98 Å². The summed E-state index contributed by atoms with van der Waals surface area (Å²) in [7, 11) is 1.27. The standard InChI is InChI=1S/C5H5N3O4.ClH/c1-7-3(8(11)12)2-6-4(7)5(9)10;/h2H,1H3,(H,9,10);1H. The fraction of sp³-hybridized carbons (Fsp3) is 0.200. The molecular weight excluding hydrogens is 202 g/mol. The number of nitrogens with zero attached hydrogens (tertiary/aromatic N) is 3. The molecule has 0 bridgehead atoms. The van der Waals surface area contributed by atoms with Crippen LogP contribution in [-0.2, 0) is 7.05 Å². The van der Waals surface area contributed by atoms with E-state index in [1.54, 1.807) is 0 Å². The lowest BCUT2D eigenvalue weighted by Gasteiger charge is -1.93. The van der Waals surface area contributed by atoms with Gasteiger partial charge in [0.05, 0.1) is 7.05 Å². The molecule has 0 aliphatic rings. The number of carboxylic acids is 1. The van der Waals surface area contributed by atoms with Crippen LogP contribution >= 0.6 is 12.4 Å². The van der Waals surface area contributed by atoms with Gasteiger partial charge in [-0.2, -0.15) is 0 Å². The van der Waals surface area contributed by atoms with E-state index in [4.69, 9.17) is 5.11 Å². The Morgan fingerprint density at radius 1 is 1.77 bits per heavy atom. The Balaban J connectivity index is 0.00000144. The van der Waals surface area contributed by atoms with Crippen molar-refractivity contribution in [1.82, 2.24) is 9.55 Å². The maximum absolute atomic E-state index is 10.4. The Labute approximate surface area is 78.6 Å². The highest BCUT2D eigenvalue weighted by Gasteiger charge is 2.21. The van der Waals surface area contributed by atoms with Gasteiger partial charge in [-0.3, -0.25) is 0 Å². The number of hydrogen-bond acceptors (Lipinski definition) is 4. The van der Waals surface area contributed by atoms with Crippen LogP contribution in [0, 0.1) is 10.1 Å². The Bertz CT molecular complexity index is 316. The van der Waals surface area contributed by atoms with Gasteiger partial charge in [-0.25, -0.2) is 14.3 Å². The molecule has 72 valence electrons. The zero-order chi connectivity index (χ0) is 9.30. The predicted molar refractivity (Wildman–Crippen MR) is 44.1 cm³/mol. The average Bonchev–Trinajstić information content (AvgIpc) is 2.30. The van der Waals surface area contributed by atoms with Gasteiger partial charge in [0, 0.05) is 0 Å². The summed E-state index contributed by atoms with van der Waals surface area (Å²) in [5.74, 6) is -1.97. The lowest BCUT2D eigenvalue weighted by Crippen LogP contribution is -2.07. The van der Waals surface area contributed by atoms with Gasteiger partial charge in [0.15, 0.2) is 0 Å². The molecule has 0 aliphatic carbocycles. The first-order valence-corrected chi connectivity index (χ1v) is 2.93. The fourth-order valence-electron chi connectivity index (χ4n) is 0.769. The number of carbonyl (C=O) groups is 1. The number of nitro groups is 1. The normalized spacial score (nSPS) is 9.00. The van der Waals surface area contributed by atoms with E-state index in [-0.39, 0.29) is 24.0 Å². The number of aromatic carboxylic acids is 1. The van der Waals surface area contributed by atoms with Crippen LogP contribution in [0.4, 0.5) is 5.82 Å². The van der Waals surface area contributed by atoms with Crippen LogP contribution in [0.2, 0.25) is 0 Å². The molecular formula is C5H6ClN3O4. The first-order valence-electron chi connectivity index (χ1n) is 2.93. The second-order valence-corrected chi connectivity index (χ2v) is 2.06. The number of imidazole rings is 1. The minimum absolute atomic E-state index is 0. The Hall–Kier alpha value is -1.63. The van der Waals surface area contributed by atoms with E-state index in [0.717, 1.165) is 10.8 Å². The summed E-state index contributed by atoms with van der Waals surface area (Å²) >= 11 is 0. The van der Waals surface area contributed by atoms with Crippen molar-refractivity contribution in [3.63, 3.8) is 0 Å². The molecule has 0 unspecified atom stereocenters. The minimum Gasteiger partial charge on any atom is -0.474 e. The van der Waals surface area contributed by atoms with Gasteiger partial charge in [0.25, 0.3) is 0 Å². The third-order valence-corrected chi connectivity index (χ3v) is 1.34. The number of aromatic nitrogens is 2. The van der Waals surface area contributed by atoms with Crippen LogP contribution < -0.4 is 0 Å². The lowest BCUT2D eigenvalue weighted by atomic mass is 10.6. The predicted octanol–water partition coefficient (Wildman–Crippen LogP) is 0.448. The summed E-state index contributed by atoms with van der Waals surface area (Å²) in [5.41, 5.74) is 0. The SMILES string of the molecule is Cl.Cn1c([N+](=O)[O-])cnc1C(=O)O. The third kappa shape index (κ3) is 1.94. The lowest BCUT2D eigenvalue weighted by molar-refractivity contribution is -0.391. The zero-order valence-electron chi connectivity index (χ0n) is 6.50. The van der Waals surface area contributed by atoms with E-state index in [0.29, 0.717) is 0 Å². The maximum Gasteiger partial charge on any atom is 0.396 e. The van der Waals surface area contributed by atoms with Gasteiger partial charge in [0.2, 0.25) is 0 Å². The highest BCUT2D eigenvalue weighted by molar-refractivity contribution is 5.85. The molecule has 0 fully saturated rings. The molecule has 0 aromatic carbocycles. The molecule has 8 heteroatoms. The summed E-state index contributed by atoms with van der Waals surface area (Å²) in [6.45, 7) is 0. The number of carboxylic acid groups (broad SMARTS) is 1. The van der Waals surface area contributed by atoms with E-state index in [1.807, 2.05) is 0 Å². The van der Waals surface area contributed by atoms with E-state index in [9.17, 15) is 14.9 Å². The highest BCUT2D eigenvalue weighted by Crippen LogP contribution is 2.10. The van der Waals surface area contributed by atoms with Crippen LogP contribution in [0.1, 0.15) is 10.6 Å². The molecule has 0 saturated heterocycles. The van der Waals surface area contributed by atoms with Crippen molar-refractivity contribution >= 4 is 24.2 Å². The van der Waals surface area contributed by atoms with Crippen molar-refractivity contribution in [3.05, 3.63) is 22.1 Å². The Morgan fingerprint density at radius 2 is 2.31 bits per heavy atom. The molecule has 1 aromatic rings. The minimum atomic E-state index is -1.29. The second kappa shape index (κ2) is 3.85. The molecule has 0 spiro atoms. The smallest absolute Gasteiger partial charge is 0.396 e. The quantitative estimate of drug-likeness (QED) is 0.561. The molecule has 0 amide bonds. The van der Waals surface area contributed by atoms with Crippen molar-refractivity contribution in [2.24, 2.45) is 7.05 Å². The summed E-state index contributed by atoms with van der Waals surface area (Å²) < 4.78 is 0.905. The number of hydrogen-bond donors (Lipinski definition) is 1. The van der Waals surface area contributed by atoms with E-state index < -0.39 is 10.9 Å². The van der Waals surface area contributed by atoms with Crippen LogP contribution in [0.25, 0.3) is 0 Å². The van der Waals surface area contributed by atoms with Crippen molar-refractivity contribution in [2.75, 3.05) is 0 Å². The largest absolute Gasteiger partial charge is 0.474 e. The molecule has 0 radical (unpaired) electrons. The first kappa shape index (κ1) is 11.4. The molecule has 1 heterocycles. The summed E-state index contributed by atoms with van der Waals surface area (Å²) in [6, 6.07) is 0. The maximum atomic E-state index is 10.4. The van der Waals surface area contributed by atoms with Crippen molar-refractivity contribution in [1.29, 1.82) is 0 Å². The zero-order valence-corrected chi connectivity index (χ0v) is 7.32. The van der Waals surface area contributed by atoms with E-state index in [1.165, 1.54) is 7.05 Å². The van der Waals surface area contributed by atoms with Crippen molar-refractivity contribution < 1.29 is 14.8 Å². The van der Waals surface area contributed by atoms with Crippen LogP contribution in [0.3, 0.4) is 0 Å². The van der Waals surface area contributed by atoms with Crippen LogP contribution in [-0.4, -0.2) is 25.6 Å². The summed E-state index contributed by atoms with van der Waals surface area (Å²) in [5, 5.41) is 18.7. The number of rotatable bonds is 2. The number of halogens is 1. The molecule has 0 saturated carbocycles. The van der Waals surface area contributed by atoms with Crippen LogP contribution in [0.15, 0.2) is 6.20 Å². The first-order chi connectivity index (χ1) is 5.54. The Morgan fingerprint density at radius 3 is 2.54 bits per heavy atom. The van der Waals surface area contributed by atoms with Crippen LogP contribution in [0.5, 0.6) is 0 Å². The Kier molecular flexibility index (Phi) is 3.37. The van der Waals surface area contributed by atoms with Crippen molar-refractivity contribution in [3.8, 4) is 0 Å². The molecule has 1 N–H and O–H groups in total. The average molecular weight is 208 g/mol. The highest BCUT2D eigenvalue weighted by atomic mass is 35.5. The van der Waals surface area contributed by atoms with Gasteiger partial charge in [-0.1, -0.05) is 0 Å². The molecule has 0 atom stereocenters. The van der Waals surface area contributed by atoms with Crippen molar-refractivity contribution in [2.45, 2.75) is 0 Å². The molecule has 7 nitrogen and oxygen atoms in total. The van der Waals surface area contributed by atoms with Gasteiger partial charge < -0.3 is 15.2 Å². The third-order valence-electron chi connectivity index (χ3n) is 1.34. The summed E-state index contributed by atoms with van der Waals surface area (Å²) in [6.07, 6.45) is 0.906. The molecule has 13 heavy (non-hydrogen) atoms. The van der Waals surface area contributed by atoms with Gasteiger partial charge in [-0.05, 0) is 4.92 Å². The molecule has 0 aliphatic heterocycles. The second-order valence-electron chi connectivity index (χ2n) is 2.06. The molecule has 1 aromatic heterocycles. The van der Waals surface area contributed by atoms with E-state index >= 15 is 0 Å². The molecule has 1 rings (SSSR count). The van der Waals surface area contributed by atoms with Gasteiger partial charge in [-0.15, -0.1) is 12.4 Å². The fourth-order valence-corrected chi connectivity index (χ4v) is 0.769. The van der Waals surface area contributed by atoms with Gasteiger partial charge >= 0.3 is 17.6 Å². The topological polar surface area (TPSA) is 98.3 Å².